The van der Waals surface area contributed by atoms with E-state index in [4.69, 9.17) is 18.9 Å². The van der Waals surface area contributed by atoms with Gasteiger partial charge >= 0.3 is 11.9 Å². The third-order valence-electron chi connectivity index (χ3n) is 11.2. The van der Waals surface area contributed by atoms with Gasteiger partial charge in [-0.3, -0.25) is 9.59 Å². The summed E-state index contributed by atoms with van der Waals surface area (Å²) >= 11 is 0. The van der Waals surface area contributed by atoms with Gasteiger partial charge in [-0.2, -0.15) is 0 Å². The summed E-state index contributed by atoms with van der Waals surface area (Å²) < 4.78 is 24.4. The predicted octanol–water partition coefficient (Wildman–Crippen LogP) is 4.39. The van der Waals surface area contributed by atoms with E-state index >= 15 is 0 Å². The lowest BCUT2D eigenvalue weighted by Gasteiger charge is -2.59. The Morgan fingerprint density at radius 3 is 2.34 bits per heavy atom. The average Bonchev–Trinajstić information content (AvgIpc) is 3.52. The second-order valence-corrected chi connectivity index (χ2v) is 12.5. The molecular formula is C26H38O6. The lowest BCUT2D eigenvalue weighted by Crippen LogP contribution is -2.59. The molecule has 0 radical (unpaired) electrons. The fourth-order valence-electron chi connectivity index (χ4n) is 10.1. The minimum absolute atomic E-state index is 0.00458. The second kappa shape index (κ2) is 6.10. The van der Waals surface area contributed by atoms with Crippen LogP contribution in [-0.2, 0) is 28.5 Å². The number of carbonyl (C=O) groups is 2. The zero-order valence-corrected chi connectivity index (χ0v) is 20.4. The summed E-state index contributed by atoms with van der Waals surface area (Å²) in [5.74, 6) is 0.910. The number of epoxide rings is 2. The maximum Gasteiger partial charge on any atom is 0.305 e. The van der Waals surface area contributed by atoms with Gasteiger partial charge in [0, 0.05) is 38.0 Å². The van der Waals surface area contributed by atoms with Crippen molar-refractivity contribution in [3.8, 4) is 0 Å². The Hall–Kier alpha value is -1.14. The van der Waals surface area contributed by atoms with Crippen molar-refractivity contribution in [2.45, 2.75) is 116 Å². The average molecular weight is 447 g/mol. The maximum absolute atomic E-state index is 11.8. The van der Waals surface area contributed by atoms with Crippen LogP contribution in [0.25, 0.3) is 0 Å². The third-order valence-corrected chi connectivity index (χ3v) is 11.2. The van der Waals surface area contributed by atoms with Crippen molar-refractivity contribution < 1.29 is 28.5 Å². The number of carbonyl (C=O) groups excluding carboxylic acids is 2. The quantitative estimate of drug-likeness (QED) is 0.463. The molecule has 0 N–H and O–H groups in total. The van der Waals surface area contributed by atoms with Gasteiger partial charge in [-0.05, 0) is 62.2 Å². The molecule has 0 amide bonds. The summed E-state index contributed by atoms with van der Waals surface area (Å²) in [4.78, 5) is 23.4. The van der Waals surface area contributed by atoms with Crippen LogP contribution in [0.1, 0.15) is 86.5 Å². The molecule has 0 aromatic rings. The molecule has 6 heteroatoms. The number of hydrogen-bond acceptors (Lipinski definition) is 6. The molecule has 4 aliphatic carbocycles. The summed E-state index contributed by atoms with van der Waals surface area (Å²) in [6.07, 6.45) is 7.62. The first-order valence-corrected chi connectivity index (χ1v) is 12.7. The standard InChI is InChI=1S/C26H38O6/c1-14-11-20-18-12-21-25(31-21)13-17(29-15(2)27)7-9-22(25,4)19(18)8-10-23(20,5)26(14)24(6,32-26)30-16(3)28/h14,17-21H,7-13H2,1-6H3/t14-,17-,18-,19+,20+,21+,22-,23+,24-,25+,26+/m1/s1. The third kappa shape index (κ3) is 2.29. The van der Waals surface area contributed by atoms with Crippen LogP contribution >= 0.6 is 0 Å². The van der Waals surface area contributed by atoms with Gasteiger partial charge in [0.2, 0.25) is 5.79 Å². The Morgan fingerprint density at radius 2 is 1.66 bits per heavy atom. The van der Waals surface area contributed by atoms with Gasteiger partial charge in [-0.25, -0.2) is 0 Å². The highest BCUT2D eigenvalue weighted by Gasteiger charge is 2.86. The Bertz CT molecular complexity index is 888. The van der Waals surface area contributed by atoms with Crippen molar-refractivity contribution in [3.05, 3.63) is 0 Å². The first kappa shape index (κ1) is 21.4. The molecule has 2 heterocycles. The summed E-state index contributed by atoms with van der Waals surface area (Å²) in [7, 11) is 0. The van der Waals surface area contributed by atoms with E-state index in [1.165, 1.54) is 13.8 Å². The fourth-order valence-corrected chi connectivity index (χ4v) is 10.1. The number of esters is 2. The highest BCUT2D eigenvalue weighted by Crippen LogP contribution is 2.79. The molecule has 6 nitrogen and oxygen atoms in total. The summed E-state index contributed by atoms with van der Waals surface area (Å²) in [5, 5.41) is 0. The van der Waals surface area contributed by atoms with Gasteiger partial charge in [-0.15, -0.1) is 0 Å². The molecule has 178 valence electrons. The van der Waals surface area contributed by atoms with Gasteiger partial charge in [0.1, 0.15) is 17.3 Å². The Labute approximate surface area is 191 Å². The zero-order chi connectivity index (χ0) is 22.9. The van der Waals surface area contributed by atoms with Gasteiger partial charge < -0.3 is 18.9 Å². The van der Waals surface area contributed by atoms with Crippen LogP contribution in [0.3, 0.4) is 0 Å². The SMILES string of the molecule is CC(=O)O[C@@H]1CC[C@]2(C)[C@H]3CC[C@@]4(C)[C@@H](C[C@@H](C)[C@]45O[C@@]5(C)OC(C)=O)[C@@H]3C[C@@H]3O[C@@]32C1. The van der Waals surface area contributed by atoms with Crippen molar-refractivity contribution >= 4 is 11.9 Å². The van der Waals surface area contributed by atoms with Crippen molar-refractivity contribution in [1.29, 1.82) is 0 Å². The topological polar surface area (TPSA) is 77.7 Å². The number of hydrogen-bond donors (Lipinski definition) is 0. The second-order valence-electron chi connectivity index (χ2n) is 12.5. The van der Waals surface area contributed by atoms with Crippen LogP contribution in [0, 0.1) is 34.5 Å². The predicted molar refractivity (Wildman–Crippen MR) is 115 cm³/mol. The van der Waals surface area contributed by atoms with E-state index in [0.717, 1.165) is 44.9 Å². The van der Waals surface area contributed by atoms with Gasteiger partial charge in [0.15, 0.2) is 0 Å². The number of fused-ring (bicyclic) bond motifs is 5. The first-order chi connectivity index (χ1) is 14.9. The zero-order valence-electron chi connectivity index (χ0n) is 20.4. The lowest BCUT2D eigenvalue weighted by molar-refractivity contribution is -0.159. The normalized spacial score (nSPS) is 59.3. The van der Waals surface area contributed by atoms with Crippen molar-refractivity contribution in [2.24, 2.45) is 34.5 Å². The molecule has 2 saturated heterocycles. The smallest absolute Gasteiger partial charge is 0.305 e. The van der Waals surface area contributed by atoms with E-state index in [1.54, 1.807) is 0 Å². The highest BCUT2D eigenvalue weighted by atomic mass is 16.8. The number of rotatable bonds is 2. The summed E-state index contributed by atoms with van der Waals surface area (Å²) in [6.45, 7) is 12.1. The van der Waals surface area contributed by atoms with E-state index in [2.05, 4.69) is 20.8 Å². The molecule has 6 aliphatic rings. The van der Waals surface area contributed by atoms with Crippen molar-refractivity contribution in [1.82, 2.24) is 0 Å². The van der Waals surface area contributed by atoms with E-state index in [0.29, 0.717) is 23.7 Å². The van der Waals surface area contributed by atoms with Gasteiger partial charge in [-0.1, -0.05) is 20.8 Å². The molecule has 4 saturated carbocycles. The highest BCUT2D eigenvalue weighted by molar-refractivity contribution is 5.67. The Kier molecular flexibility index (Phi) is 4.08. The van der Waals surface area contributed by atoms with Gasteiger partial charge in [0.05, 0.1) is 6.10 Å². The van der Waals surface area contributed by atoms with E-state index in [9.17, 15) is 9.59 Å². The van der Waals surface area contributed by atoms with Gasteiger partial charge in [0.25, 0.3) is 0 Å². The van der Waals surface area contributed by atoms with Crippen LogP contribution in [0.2, 0.25) is 0 Å². The maximum atomic E-state index is 11.8. The molecular weight excluding hydrogens is 408 g/mol. The summed E-state index contributed by atoms with van der Waals surface area (Å²) in [5.41, 5.74) is -0.322. The number of ether oxygens (including phenoxy) is 4. The van der Waals surface area contributed by atoms with Crippen molar-refractivity contribution in [3.63, 3.8) is 0 Å². The Balaban J connectivity index is 1.29. The monoisotopic (exact) mass is 446 g/mol. The van der Waals surface area contributed by atoms with E-state index in [-0.39, 0.29) is 46.2 Å². The first-order valence-electron chi connectivity index (χ1n) is 12.7. The molecule has 0 unspecified atom stereocenters. The van der Waals surface area contributed by atoms with Crippen LogP contribution < -0.4 is 0 Å². The minimum Gasteiger partial charge on any atom is -0.462 e. The van der Waals surface area contributed by atoms with Crippen LogP contribution in [0.15, 0.2) is 0 Å². The molecule has 32 heavy (non-hydrogen) atoms. The molecule has 0 aromatic heterocycles. The molecule has 11 atom stereocenters. The molecule has 6 fully saturated rings. The minimum atomic E-state index is -0.797. The van der Waals surface area contributed by atoms with Crippen LogP contribution in [0.4, 0.5) is 0 Å². The molecule has 6 rings (SSSR count). The fraction of sp³-hybridized carbons (Fsp3) is 0.923. The van der Waals surface area contributed by atoms with Crippen LogP contribution in [0.5, 0.6) is 0 Å². The van der Waals surface area contributed by atoms with E-state index < -0.39 is 5.79 Å². The molecule has 2 aliphatic heterocycles. The molecule has 2 spiro atoms. The van der Waals surface area contributed by atoms with Crippen molar-refractivity contribution in [2.75, 3.05) is 0 Å². The summed E-state index contributed by atoms with van der Waals surface area (Å²) in [6, 6.07) is 0. The lowest BCUT2D eigenvalue weighted by atomic mass is 9.44. The Morgan fingerprint density at radius 1 is 0.938 bits per heavy atom. The van der Waals surface area contributed by atoms with Crippen LogP contribution in [-0.4, -0.2) is 41.1 Å². The van der Waals surface area contributed by atoms with E-state index in [1.807, 2.05) is 6.92 Å². The largest absolute Gasteiger partial charge is 0.462 e. The molecule has 0 bridgehead atoms. The molecule has 0 aromatic carbocycles.